The van der Waals surface area contributed by atoms with Gasteiger partial charge < -0.3 is 20.7 Å². The van der Waals surface area contributed by atoms with Crippen LogP contribution in [0.4, 0.5) is 5.69 Å². The van der Waals surface area contributed by atoms with Crippen molar-refractivity contribution in [2.45, 2.75) is 39.3 Å². The lowest BCUT2D eigenvalue weighted by molar-refractivity contribution is -0.118. The van der Waals surface area contributed by atoms with Crippen LogP contribution in [-0.2, 0) is 16.1 Å². The van der Waals surface area contributed by atoms with E-state index in [1.807, 2.05) is 38.1 Å². The zero-order valence-electron chi connectivity index (χ0n) is 14.8. The SMILES string of the molecule is CN=C(NCc1ccc(NC(=O)C(C)C)cc1)NCC1CCCO1. The van der Waals surface area contributed by atoms with Crippen LogP contribution >= 0.6 is 0 Å². The van der Waals surface area contributed by atoms with Gasteiger partial charge in [0.1, 0.15) is 0 Å². The van der Waals surface area contributed by atoms with Crippen molar-refractivity contribution in [2.75, 3.05) is 25.5 Å². The second-order valence-electron chi connectivity index (χ2n) is 6.28. The first-order chi connectivity index (χ1) is 11.6. The number of nitrogens with one attached hydrogen (secondary N) is 3. The Morgan fingerprint density at radius 3 is 2.62 bits per heavy atom. The molecule has 132 valence electrons. The van der Waals surface area contributed by atoms with Gasteiger partial charge in [0.05, 0.1) is 6.10 Å². The fraction of sp³-hybridized carbons (Fsp3) is 0.556. The molecule has 3 N–H and O–H groups in total. The summed E-state index contributed by atoms with van der Waals surface area (Å²) in [4.78, 5) is 15.9. The largest absolute Gasteiger partial charge is 0.376 e. The summed E-state index contributed by atoms with van der Waals surface area (Å²) in [6.45, 7) is 6.06. The van der Waals surface area contributed by atoms with Crippen LogP contribution in [-0.4, -0.2) is 38.2 Å². The highest BCUT2D eigenvalue weighted by atomic mass is 16.5. The Morgan fingerprint density at radius 1 is 1.29 bits per heavy atom. The van der Waals surface area contributed by atoms with Gasteiger partial charge in [-0.2, -0.15) is 0 Å². The normalized spacial score (nSPS) is 17.8. The number of aliphatic imine (C=N–C) groups is 1. The third-order valence-corrected chi connectivity index (χ3v) is 3.95. The molecule has 0 saturated carbocycles. The van der Waals surface area contributed by atoms with Crippen LogP contribution in [0.25, 0.3) is 0 Å². The zero-order valence-corrected chi connectivity index (χ0v) is 14.8. The molecule has 24 heavy (non-hydrogen) atoms. The summed E-state index contributed by atoms with van der Waals surface area (Å²) in [6.07, 6.45) is 2.53. The monoisotopic (exact) mass is 332 g/mol. The van der Waals surface area contributed by atoms with Gasteiger partial charge in [0, 0.05) is 38.3 Å². The molecule has 1 atom stereocenters. The summed E-state index contributed by atoms with van der Waals surface area (Å²) >= 11 is 0. The van der Waals surface area contributed by atoms with E-state index < -0.39 is 0 Å². The highest BCUT2D eigenvalue weighted by Crippen LogP contribution is 2.11. The molecule has 1 aromatic rings. The van der Waals surface area contributed by atoms with Crippen LogP contribution in [0.2, 0.25) is 0 Å². The summed E-state index contributed by atoms with van der Waals surface area (Å²) < 4.78 is 5.59. The minimum absolute atomic E-state index is 0.0235. The number of benzene rings is 1. The van der Waals surface area contributed by atoms with E-state index >= 15 is 0 Å². The van der Waals surface area contributed by atoms with Gasteiger partial charge in [-0.1, -0.05) is 26.0 Å². The summed E-state index contributed by atoms with van der Waals surface area (Å²) in [5, 5.41) is 9.46. The van der Waals surface area contributed by atoms with E-state index in [1.54, 1.807) is 7.05 Å². The Labute approximate surface area is 144 Å². The van der Waals surface area contributed by atoms with E-state index in [2.05, 4.69) is 20.9 Å². The summed E-state index contributed by atoms with van der Waals surface area (Å²) in [5.41, 5.74) is 1.94. The molecule has 0 bridgehead atoms. The average Bonchev–Trinajstić information content (AvgIpc) is 3.09. The molecule has 6 heteroatoms. The van der Waals surface area contributed by atoms with Crippen LogP contribution in [0, 0.1) is 5.92 Å². The van der Waals surface area contributed by atoms with Gasteiger partial charge >= 0.3 is 0 Å². The van der Waals surface area contributed by atoms with Gasteiger partial charge in [-0.3, -0.25) is 9.79 Å². The molecule has 1 amide bonds. The van der Waals surface area contributed by atoms with Gasteiger partial charge in [0.15, 0.2) is 5.96 Å². The van der Waals surface area contributed by atoms with Gasteiger partial charge in [0.2, 0.25) is 5.91 Å². The number of nitrogens with zero attached hydrogens (tertiary/aromatic N) is 1. The van der Waals surface area contributed by atoms with E-state index in [0.717, 1.165) is 43.2 Å². The number of carbonyl (C=O) groups excluding carboxylic acids is 1. The molecular formula is C18H28N4O2. The van der Waals surface area contributed by atoms with Crippen molar-refractivity contribution in [3.63, 3.8) is 0 Å². The number of anilines is 1. The first-order valence-electron chi connectivity index (χ1n) is 8.54. The molecule has 1 aliphatic heterocycles. The van der Waals surface area contributed by atoms with Crippen LogP contribution < -0.4 is 16.0 Å². The van der Waals surface area contributed by atoms with Crippen LogP contribution in [0.15, 0.2) is 29.3 Å². The van der Waals surface area contributed by atoms with Crippen molar-refractivity contribution in [2.24, 2.45) is 10.9 Å². The van der Waals surface area contributed by atoms with Crippen molar-refractivity contribution < 1.29 is 9.53 Å². The Hall–Kier alpha value is -2.08. The number of hydrogen-bond acceptors (Lipinski definition) is 3. The van der Waals surface area contributed by atoms with Gasteiger partial charge in [-0.25, -0.2) is 0 Å². The van der Waals surface area contributed by atoms with E-state index in [-0.39, 0.29) is 17.9 Å². The number of carbonyl (C=O) groups is 1. The van der Waals surface area contributed by atoms with E-state index in [9.17, 15) is 4.79 Å². The first kappa shape index (κ1) is 18.3. The Kier molecular flexibility index (Phi) is 7.06. The van der Waals surface area contributed by atoms with Crippen molar-refractivity contribution in [1.29, 1.82) is 0 Å². The molecule has 0 aromatic heterocycles. The number of guanidine groups is 1. The number of hydrogen-bond donors (Lipinski definition) is 3. The first-order valence-corrected chi connectivity index (χ1v) is 8.54. The van der Waals surface area contributed by atoms with Crippen molar-refractivity contribution in [1.82, 2.24) is 10.6 Å². The third-order valence-electron chi connectivity index (χ3n) is 3.95. The molecule has 2 rings (SSSR count). The molecule has 1 aromatic carbocycles. The fourth-order valence-electron chi connectivity index (χ4n) is 2.41. The number of amides is 1. The summed E-state index contributed by atoms with van der Waals surface area (Å²) in [5.74, 6) is 0.770. The molecule has 1 fully saturated rings. The van der Waals surface area contributed by atoms with E-state index in [1.165, 1.54) is 0 Å². The van der Waals surface area contributed by atoms with Crippen LogP contribution in [0.3, 0.4) is 0 Å². The standard InChI is InChI=1S/C18H28N4O2/c1-13(2)17(23)22-15-8-6-14(7-9-15)11-20-18(19-3)21-12-16-5-4-10-24-16/h6-9,13,16H,4-5,10-12H2,1-3H3,(H,22,23)(H2,19,20,21). The Bertz CT molecular complexity index is 549. The molecule has 1 unspecified atom stereocenters. The van der Waals surface area contributed by atoms with Gasteiger partial charge in [-0.15, -0.1) is 0 Å². The molecule has 0 aliphatic carbocycles. The molecular weight excluding hydrogens is 304 g/mol. The quantitative estimate of drug-likeness (QED) is 0.551. The number of rotatable bonds is 6. The maximum absolute atomic E-state index is 11.7. The van der Waals surface area contributed by atoms with Crippen LogP contribution in [0.1, 0.15) is 32.3 Å². The van der Waals surface area contributed by atoms with Crippen molar-refractivity contribution in [3.05, 3.63) is 29.8 Å². The lowest BCUT2D eigenvalue weighted by Crippen LogP contribution is -2.40. The van der Waals surface area contributed by atoms with Gasteiger partial charge in [0.25, 0.3) is 0 Å². The van der Waals surface area contributed by atoms with Gasteiger partial charge in [-0.05, 0) is 30.5 Å². The highest BCUT2D eigenvalue weighted by Gasteiger charge is 2.15. The molecule has 6 nitrogen and oxygen atoms in total. The summed E-state index contributed by atoms with van der Waals surface area (Å²) in [6, 6.07) is 7.83. The predicted octanol–water partition coefficient (Wildman–Crippen LogP) is 2.13. The lowest BCUT2D eigenvalue weighted by atomic mass is 10.1. The van der Waals surface area contributed by atoms with E-state index in [4.69, 9.17) is 4.74 Å². The average molecular weight is 332 g/mol. The predicted molar refractivity (Wildman–Crippen MR) is 97.1 cm³/mol. The Balaban J connectivity index is 1.76. The minimum Gasteiger partial charge on any atom is -0.376 e. The molecule has 0 radical (unpaired) electrons. The third kappa shape index (κ3) is 5.85. The molecule has 1 heterocycles. The number of ether oxygens (including phenoxy) is 1. The molecule has 1 saturated heterocycles. The highest BCUT2D eigenvalue weighted by molar-refractivity contribution is 5.92. The molecule has 1 aliphatic rings. The Morgan fingerprint density at radius 2 is 2.04 bits per heavy atom. The lowest BCUT2D eigenvalue weighted by Gasteiger charge is -2.15. The fourth-order valence-corrected chi connectivity index (χ4v) is 2.41. The minimum atomic E-state index is -0.0235. The summed E-state index contributed by atoms with van der Waals surface area (Å²) in [7, 11) is 1.76. The van der Waals surface area contributed by atoms with E-state index in [0.29, 0.717) is 6.54 Å². The second-order valence-corrected chi connectivity index (χ2v) is 6.28. The topological polar surface area (TPSA) is 74.8 Å². The maximum Gasteiger partial charge on any atom is 0.226 e. The maximum atomic E-state index is 11.7. The van der Waals surface area contributed by atoms with Crippen molar-refractivity contribution in [3.8, 4) is 0 Å². The second kappa shape index (κ2) is 9.27. The zero-order chi connectivity index (χ0) is 17.4. The smallest absolute Gasteiger partial charge is 0.226 e. The van der Waals surface area contributed by atoms with Crippen molar-refractivity contribution >= 4 is 17.6 Å². The molecule has 0 spiro atoms. The van der Waals surface area contributed by atoms with Crippen LogP contribution in [0.5, 0.6) is 0 Å².